The predicted molar refractivity (Wildman–Crippen MR) is 95.5 cm³/mol. The number of rotatable bonds is 2. The lowest BCUT2D eigenvalue weighted by Crippen LogP contribution is -2.28. The number of aryl methyl sites for hydroxylation is 2. The first kappa shape index (κ1) is 15.7. The third-order valence-corrected chi connectivity index (χ3v) is 4.98. The average molecular weight is 353 g/mol. The second-order valence-electron chi connectivity index (χ2n) is 6.28. The molecule has 1 aromatic carbocycles. The number of carbonyl (C=O) groups excluding carboxylic acids is 1. The first-order chi connectivity index (χ1) is 12.0. The molecule has 1 aliphatic heterocycles. The van der Waals surface area contributed by atoms with Crippen molar-refractivity contribution in [1.29, 1.82) is 5.26 Å². The summed E-state index contributed by atoms with van der Waals surface area (Å²) in [6.07, 6.45) is 1.19. The van der Waals surface area contributed by atoms with Gasteiger partial charge in [-0.2, -0.15) is 10.2 Å². The van der Waals surface area contributed by atoms with Gasteiger partial charge in [0.25, 0.3) is 12.6 Å². The fourth-order valence-corrected chi connectivity index (χ4v) is 3.67. The van der Waals surface area contributed by atoms with Crippen LogP contribution in [0.25, 0.3) is 22.2 Å². The second kappa shape index (κ2) is 5.64. The lowest BCUT2D eigenvalue weighted by molar-refractivity contribution is 0.1000. The number of fused-ring (bicyclic) bond motifs is 2. The number of aromatic nitrogens is 4. The fraction of sp³-hybridized carbons (Fsp3) is 0.250. The molecule has 0 saturated carbocycles. The van der Waals surface area contributed by atoms with Crippen molar-refractivity contribution < 1.29 is 4.79 Å². The molecule has 2 aromatic heterocycles. The monoisotopic (exact) mass is 352 g/mol. The van der Waals surface area contributed by atoms with E-state index in [1.807, 2.05) is 13.0 Å². The van der Waals surface area contributed by atoms with Crippen LogP contribution in [-0.2, 0) is 12.9 Å². The summed E-state index contributed by atoms with van der Waals surface area (Å²) in [5, 5.41) is 22.2. The van der Waals surface area contributed by atoms with Gasteiger partial charge in [-0.05, 0) is 31.7 Å². The van der Waals surface area contributed by atoms with Gasteiger partial charge in [0.1, 0.15) is 11.2 Å². The zero-order valence-electron chi connectivity index (χ0n) is 13.5. The van der Waals surface area contributed by atoms with Gasteiger partial charge in [0.05, 0.1) is 10.6 Å². The van der Waals surface area contributed by atoms with Crippen molar-refractivity contribution in [3.8, 4) is 17.2 Å². The van der Waals surface area contributed by atoms with E-state index in [1.165, 1.54) is 0 Å². The van der Waals surface area contributed by atoms with Gasteiger partial charge in [-0.3, -0.25) is 14.6 Å². The van der Waals surface area contributed by atoms with E-state index in [2.05, 4.69) is 21.3 Å². The highest BCUT2D eigenvalue weighted by Crippen LogP contribution is 2.34. The summed E-state index contributed by atoms with van der Waals surface area (Å²) in [5.41, 5.74) is 9.51. The topological polar surface area (TPSA) is 113 Å². The molecule has 9 heteroatoms. The minimum atomic E-state index is -0.546. The summed E-state index contributed by atoms with van der Waals surface area (Å²) in [6, 6.07) is 3.65. The summed E-state index contributed by atoms with van der Waals surface area (Å²) >= 11 is 6.35. The van der Waals surface area contributed by atoms with Crippen molar-refractivity contribution in [2.75, 3.05) is 0 Å². The predicted octanol–water partition coefficient (Wildman–Crippen LogP) is 2.14. The molecule has 1 aliphatic rings. The SMILES string of the molecule is Cc1[nH]nc2c(Cl)cc(-c3nn4c(c3C(N)=O)CB(C#N)CC4)cc12. The van der Waals surface area contributed by atoms with E-state index in [9.17, 15) is 10.1 Å². The molecular formula is C16H14BClN6O. The number of amides is 1. The first-order valence-corrected chi connectivity index (χ1v) is 8.31. The molecule has 0 unspecified atom stereocenters. The van der Waals surface area contributed by atoms with E-state index in [0.717, 1.165) is 16.8 Å². The molecule has 3 N–H and O–H groups in total. The van der Waals surface area contributed by atoms with E-state index >= 15 is 0 Å². The van der Waals surface area contributed by atoms with Gasteiger partial charge >= 0.3 is 0 Å². The van der Waals surface area contributed by atoms with Crippen LogP contribution in [-0.4, -0.2) is 32.6 Å². The summed E-state index contributed by atoms with van der Waals surface area (Å²) in [5.74, 6) is 1.72. The summed E-state index contributed by atoms with van der Waals surface area (Å²) in [6.45, 7) is 2.37. The molecule has 1 amide bonds. The number of benzene rings is 1. The Bertz CT molecular complexity index is 1060. The first-order valence-electron chi connectivity index (χ1n) is 7.93. The summed E-state index contributed by atoms with van der Waals surface area (Å²) in [4.78, 5) is 12.1. The Hall–Kier alpha value is -2.79. The lowest BCUT2D eigenvalue weighted by Gasteiger charge is -2.15. The van der Waals surface area contributed by atoms with Gasteiger partial charge in [-0.15, -0.1) is 0 Å². The normalized spacial score (nSPS) is 13.7. The van der Waals surface area contributed by atoms with Crippen molar-refractivity contribution in [2.45, 2.75) is 26.1 Å². The fourth-order valence-electron chi connectivity index (χ4n) is 3.41. The highest BCUT2D eigenvalue weighted by molar-refractivity contribution is 6.66. The molecular weight excluding hydrogens is 338 g/mol. The molecule has 0 saturated heterocycles. The third kappa shape index (κ3) is 2.39. The van der Waals surface area contributed by atoms with Crippen LogP contribution in [0.15, 0.2) is 12.1 Å². The van der Waals surface area contributed by atoms with E-state index in [4.69, 9.17) is 17.3 Å². The number of nitrogens with one attached hydrogen (secondary N) is 1. The number of halogens is 1. The molecule has 7 nitrogen and oxygen atoms in total. The van der Waals surface area contributed by atoms with Crippen LogP contribution in [0.2, 0.25) is 11.3 Å². The minimum absolute atomic E-state index is 0.127. The maximum absolute atomic E-state index is 12.1. The number of H-pyrrole nitrogens is 1. The van der Waals surface area contributed by atoms with Crippen molar-refractivity contribution in [3.05, 3.63) is 34.1 Å². The molecule has 0 fully saturated rings. The van der Waals surface area contributed by atoms with Crippen molar-refractivity contribution in [1.82, 2.24) is 20.0 Å². The van der Waals surface area contributed by atoms with E-state index < -0.39 is 5.91 Å². The Morgan fingerprint density at radius 1 is 1.52 bits per heavy atom. The summed E-state index contributed by atoms with van der Waals surface area (Å²) in [7, 11) is 0. The number of nitrogens with zero attached hydrogens (tertiary/aromatic N) is 4. The van der Waals surface area contributed by atoms with Crippen LogP contribution in [0.5, 0.6) is 0 Å². The van der Waals surface area contributed by atoms with E-state index in [0.29, 0.717) is 46.5 Å². The highest BCUT2D eigenvalue weighted by atomic mass is 35.5. The molecule has 0 radical (unpaired) electrons. The molecule has 0 aliphatic carbocycles. The van der Waals surface area contributed by atoms with Crippen LogP contribution >= 0.6 is 11.6 Å². The Balaban J connectivity index is 1.95. The average Bonchev–Trinajstić information content (AvgIpc) is 3.15. The molecule has 124 valence electrons. The van der Waals surface area contributed by atoms with Crippen LogP contribution < -0.4 is 5.73 Å². The highest BCUT2D eigenvalue weighted by Gasteiger charge is 2.31. The number of hydrogen-bond acceptors (Lipinski definition) is 4. The molecule has 0 bridgehead atoms. The standard InChI is InChI=1S/C16H14BClN6O/c1-8-10-4-9(5-11(18)15(10)22-21-8)14-13(16(20)25)12-6-17(7-19)2-3-24(12)23-14/h4-5H,2-3,6H2,1H3,(H2,20,25)(H,21,22). The number of nitriles is 1. The van der Waals surface area contributed by atoms with Gasteiger partial charge in [0, 0.05) is 34.9 Å². The Morgan fingerprint density at radius 3 is 3.04 bits per heavy atom. The number of carbonyl (C=O) groups is 1. The van der Waals surface area contributed by atoms with Crippen molar-refractivity contribution in [3.63, 3.8) is 0 Å². The van der Waals surface area contributed by atoms with Gasteiger partial charge in [-0.25, -0.2) is 5.26 Å². The zero-order valence-corrected chi connectivity index (χ0v) is 14.3. The van der Waals surface area contributed by atoms with Gasteiger partial charge in [0.2, 0.25) is 0 Å². The Kier molecular flexibility index (Phi) is 3.55. The maximum atomic E-state index is 12.1. The summed E-state index contributed by atoms with van der Waals surface area (Å²) < 4.78 is 1.78. The van der Waals surface area contributed by atoms with E-state index in [1.54, 1.807) is 10.7 Å². The maximum Gasteiger partial charge on any atom is 0.275 e. The van der Waals surface area contributed by atoms with Crippen LogP contribution in [0.1, 0.15) is 21.7 Å². The second-order valence-corrected chi connectivity index (χ2v) is 6.69. The van der Waals surface area contributed by atoms with Crippen LogP contribution in [0.4, 0.5) is 0 Å². The van der Waals surface area contributed by atoms with Crippen LogP contribution in [0.3, 0.4) is 0 Å². The zero-order chi connectivity index (χ0) is 17.7. The number of aromatic amines is 1. The number of nitrogens with two attached hydrogens (primary N) is 1. The molecule has 0 spiro atoms. The van der Waals surface area contributed by atoms with Crippen LogP contribution in [0, 0.1) is 18.2 Å². The Labute approximate surface area is 148 Å². The number of primary amides is 1. The number of hydrogen-bond donors (Lipinski definition) is 2. The largest absolute Gasteiger partial charge is 0.365 e. The van der Waals surface area contributed by atoms with Crippen molar-refractivity contribution in [2.24, 2.45) is 5.73 Å². The molecule has 3 aromatic rings. The smallest absolute Gasteiger partial charge is 0.275 e. The molecule has 0 atom stereocenters. The van der Waals surface area contributed by atoms with Gasteiger partial charge < -0.3 is 5.73 Å². The Morgan fingerprint density at radius 2 is 2.32 bits per heavy atom. The quantitative estimate of drug-likeness (QED) is 0.688. The van der Waals surface area contributed by atoms with Gasteiger partial charge in [-0.1, -0.05) is 11.6 Å². The molecule has 4 rings (SSSR count). The van der Waals surface area contributed by atoms with Gasteiger partial charge in [0.15, 0.2) is 0 Å². The third-order valence-electron chi connectivity index (χ3n) is 4.69. The minimum Gasteiger partial charge on any atom is -0.365 e. The van der Waals surface area contributed by atoms with E-state index in [-0.39, 0.29) is 6.71 Å². The molecule has 25 heavy (non-hydrogen) atoms. The molecule has 3 heterocycles. The van der Waals surface area contributed by atoms with Crippen molar-refractivity contribution >= 4 is 35.1 Å². The lowest BCUT2D eigenvalue weighted by atomic mass is 9.45.